The molecule has 6 nitrogen and oxygen atoms in total. The number of azide groups is 1. The number of ether oxygens (including phenoxy) is 1. The quantitative estimate of drug-likeness (QED) is 0.393. The minimum absolute atomic E-state index is 0.0696. The molecular formula is C9H15FN4O2. The molecule has 2 unspecified atom stereocenters. The molecule has 0 saturated carbocycles. The zero-order chi connectivity index (χ0) is 12.3. The van der Waals surface area contributed by atoms with E-state index >= 15 is 0 Å². The van der Waals surface area contributed by atoms with Crippen molar-refractivity contribution in [3.8, 4) is 0 Å². The zero-order valence-electron chi connectivity index (χ0n) is 9.55. The molecule has 16 heavy (non-hydrogen) atoms. The van der Waals surface area contributed by atoms with E-state index in [1.807, 2.05) is 0 Å². The second-order valence-electron chi connectivity index (χ2n) is 4.67. The van der Waals surface area contributed by atoms with Crippen molar-refractivity contribution < 1.29 is 13.9 Å². The monoisotopic (exact) mass is 230 g/mol. The molecule has 1 aliphatic heterocycles. The summed E-state index contributed by atoms with van der Waals surface area (Å²) < 4.78 is 18.4. The molecular weight excluding hydrogens is 215 g/mol. The van der Waals surface area contributed by atoms with Gasteiger partial charge in [0.1, 0.15) is 11.8 Å². The molecule has 1 saturated heterocycles. The number of likely N-dealkylation sites (tertiary alicyclic amines) is 1. The maximum absolute atomic E-state index is 13.3. The van der Waals surface area contributed by atoms with Crippen molar-refractivity contribution in [2.24, 2.45) is 5.11 Å². The highest BCUT2D eigenvalue weighted by molar-refractivity contribution is 5.68. The first-order chi connectivity index (χ1) is 7.33. The van der Waals surface area contributed by atoms with Crippen LogP contribution in [0.1, 0.15) is 20.8 Å². The van der Waals surface area contributed by atoms with E-state index in [0.29, 0.717) is 0 Å². The van der Waals surface area contributed by atoms with E-state index in [0.717, 1.165) is 0 Å². The van der Waals surface area contributed by atoms with Gasteiger partial charge in [-0.1, -0.05) is 5.11 Å². The molecule has 0 aromatic carbocycles. The fraction of sp³-hybridized carbons (Fsp3) is 0.889. The van der Waals surface area contributed by atoms with Gasteiger partial charge in [-0.25, -0.2) is 9.18 Å². The number of hydrogen-bond acceptors (Lipinski definition) is 3. The predicted molar refractivity (Wildman–Crippen MR) is 55.6 cm³/mol. The molecule has 1 heterocycles. The van der Waals surface area contributed by atoms with Crippen LogP contribution in [-0.4, -0.2) is 41.9 Å². The number of halogens is 1. The van der Waals surface area contributed by atoms with Crippen LogP contribution in [0.25, 0.3) is 10.4 Å². The first kappa shape index (κ1) is 12.6. The Kier molecular flexibility index (Phi) is 3.59. The van der Waals surface area contributed by atoms with Crippen LogP contribution in [0.15, 0.2) is 5.11 Å². The summed E-state index contributed by atoms with van der Waals surface area (Å²) in [5.74, 6) is 0. The molecule has 7 heteroatoms. The van der Waals surface area contributed by atoms with Gasteiger partial charge in [0.25, 0.3) is 0 Å². The highest BCUT2D eigenvalue weighted by atomic mass is 19.1. The van der Waals surface area contributed by atoms with Crippen LogP contribution in [0.2, 0.25) is 0 Å². The highest BCUT2D eigenvalue weighted by Crippen LogP contribution is 2.19. The molecule has 0 radical (unpaired) electrons. The number of amides is 1. The van der Waals surface area contributed by atoms with Crippen LogP contribution in [0, 0.1) is 0 Å². The molecule has 0 bridgehead atoms. The first-order valence-corrected chi connectivity index (χ1v) is 4.99. The number of rotatable bonds is 1. The van der Waals surface area contributed by atoms with E-state index < -0.39 is 23.9 Å². The Hall–Kier alpha value is -1.49. The van der Waals surface area contributed by atoms with E-state index in [9.17, 15) is 9.18 Å². The summed E-state index contributed by atoms with van der Waals surface area (Å²) in [7, 11) is 0. The summed E-state index contributed by atoms with van der Waals surface area (Å²) in [5, 5.41) is 3.29. The molecule has 90 valence electrons. The Morgan fingerprint density at radius 2 is 2.19 bits per heavy atom. The van der Waals surface area contributed by atoms with Crippen LogP contribution in [-0.2, 0) is 4.74 Å². The Balaban J connectivity index is 2.58. The lowest BCUT2D eigenvalue weighted by Gasteiger charge is -2.24. The van der Waals surface area contributed by atoms with Gasteiger partial charge in [-0.15, -0.1) is 0 Å². The van der Waals surface area contributed by atoms with Gasteiger partial charge < -0.3 is 9.64 Å². The van der Waals surface area contributed by atoms with E-state index in [2.05, 4.69) is 10.0 Å². The maximum Gasteiger partial charge on any atom is 0.410 e. The number of carbonyl (C=O) groups excluding carboxylic acids is 1. The van der Waals surface area contributed by atoms with Gasteiger partial charge in [-0.2, -0.15) is 0 Å². The Bertz CT molecular complexity index is 322. The second kappa shape index (κ2) is 4.57. The summed E-state index contributed by atoms with van der Waals surface area (Å²) in [6.45, 7) is 5.19. The lowest BCUT2D eigenvalue weighted by atomic mass is 10.2. The van der Waals surface area contributed by atoms with E-state index in [4.69, 9.17) is 10.3 Å². The Morgan fingerprint density at radius 3 is 2.69 bits per heavy atom. The van der Waals surface area contributed by atoms with Gasteiger partial charge in [0.15, 0.2) is 0 Å². The third-order valence-corrected chi connectivity index (χ3v) is 2.07. The molecule has 0 aromatic heterocycles. The summed E-state index contributed by atoms with van der Waals surface area (Å²) in [6.07, 6.45) is -1.89. The fourth-order valence-electron chi connectivity index (χ4n) is 1.40. The SMILES string of the molecule is CC(C)(C)OC(=O)N1CC(F)C(N=[N+]=[N-])C1. The van der Waals surface area contributed by atoms with Gasteiger partial charge in [-0.05, 0) is 26.3 Å². The highest BCUT2D eigenvalue weighted by Gasteiger charge is 2.36. The van der Waals surface area contributed by atoms with E-state index in [-0.39, 0.29) is 13.1 Å². The Labute approximate surface area is 93.0 Å². The summed E-state index contributed by atoms with van der Waals surface area (Å²) >= 11 is 0. The molecule has 0 N–H and O–H groups in total. The van der Waals surface area contributed by atoms with Gasteiger partial charge in [0.05, 0.1) is 12.6 Å². The lowest BCUT2D eigenvalue weighted by molar-refractivity contribution is 0.0283. The van der Waals surface area contributed by atoms with Crippen molar-refractivity contribution in [2.75, 3.05) is 13.1 Å². The molecule has 1 amide bonds. The van der Waals surface area contributed by atoms with Crippen molar-refractivity contribution in [1.82, 2.24) is 4.90 Å². The minimum Gasteiger partial charge on any atom is -0.444 e. The van der Waals surface area contributed by atoms with Crippen LogP contribution in [0.4, 0.5) is 9.18 Å². The summed E-state index contributed by atoms with van der Waals surface area (Å²) in [5.41, 5.74) is 7.60. The van der Waals surface area contributed by atoms with Gasteiger partial charge in [0, 0.05) is 11.5 Å². The molecule has 0 spiro atoms. The van der Waals surface area contributed by atoms with Gasteiger partial charge >= 0.3 is 6.09 Å². The van der Waals surface area contributed by atoms with E-state index in [1.165, 1.54) is 4.90 Å². The van der Waals surface area contributed by atoms with Crippen molar-refractivity contribution in [3.63, 3.8) is 0 Å². The van der Waals surface area contributed by atoms with Crippen LogP contribution in [0.5, 0.6) is 0 Å². The average molecular weight is 230 g/mol. The van der Waals surface area contributed by atoms with Crippen LogP contribution in [0.3, 0.4) is 0 Å². The van der Waals surface area contributed by atoms with Crippen molar-refractivity contribution in [3.05, 3.63) is 10.4 Å². The predicted octanol–water partition coefficient (Wildman–Crippen LogP) is 2.25. The third kappa shape index (κ3) is 3.27. The van der Waals surface area contributed by atoms with E-state index in [1.54, 1.807) is 20.8 Å². The fourth-order valence-corrected chi connectivity index (χ4v) is 1.40. The molecule has 2 atom stereocenters. The number of alkyl halides is 1. The van der Waals surface area contributed by atoms with Crippen molar-refractivity contribution >= 4 is 6.09 Å². The zero-order valence-corrected chi connectivity index (χ0v) is 9.55. The van der Waals surface area contributed by atoms with Crippen molar-refractivity contribution in [2.45, 2.75) is 38.6 Å². The number of carbonyl (C=O) groups is 1. The largest absolute Gasteiger partial charge is 0.444 e. The van der Waals surface area contributed by atoms with Crippen LogP contribution >= 0.6 is 0 Å². The average Bonchev–Trinajstić information content (AvgIpc) is 2.46. The van der Waals surface area contributed by atoms with Gasteiger partial charge in [0.2, 0.25) is 0 Å². The normalized spacial score (nSPS) is 25.1. The standard InChI is InChI=1S/C9H15FN4O2/c1-9(2,3)16-8(15)14-4-6(10)7(5-14)12-13-11/h6-7H,4-5H2,1-3H3. The van der Waals surface area contributed by atoms with Crippen molar-refractivity contribution in [1.29, 1.82) is 0 Å². The summed E-state index contributed by atoms with van der Waals surface area (Å²) in [4.78, 5) is 15.3. The molecule has 1 fully saturated rings. The first-order valence-electron chi connectivity index (χ1n) is 4.99. The number of nitrogens with zero attached hydrogens (tertiary/aromatic N) is 4. The number of hydrogen-bond donors (Lipinski definition) is 0. The molecule has 0 aliphatic carbocycles. The maximum atomic E-state index is 13.3. The molecule has 1 aliphatic rings. The third-order valence-electron chi connectivity index (χ3n) is 2.07. The lowest BCUT2D eigenvalue weighted by Crippen LogP contribution is -2.35. The van der Waals surface area contributed by atoms with Gasteiger partial charge in [-0.3, -0.25) is 0 Å². The molecule has 0 aromatic rings. The summed E-state index contributed by atoms with van der Waals surface area (Å²) in [6, 6.07) is -0.808. The van der Waals surface area contributed by atoms with Crippen LogP contribution < -0.4 is 0 Å². The molecule has 1 rings (SSSR count). The Morgan fingerprint density at radius 1 is 1.56 bits per heavy atom. The second-order valence-corrected chi connectivity index (χ2v) is 4.67. The minimum atomic E-state index is -1.32. The topological polar surface area (TPSA) is 78.3 Å². The smallest absolute Gasteiger partial charge is 0.410 e.